The molecule has 0 saturated carbocycles. The Morgan fingerprint density at radius 3 is 2.03 bits per heavy atom. The van der Waals surface area contributed by atoms with Crippen LogP contribution in [0.1, 0.15) is 48.3 Å². The minimum atomic E-state index is -3.81. The quantitative estimate of drug-likeness (QED) is 0.609. The number of nitrogens with zero attached hydrogens (tertiary/aromatic N) is 2. The molecule has 2 aromatic carbocycles. The third-order valence-corrected chi connectivity index (χ3v) is 6.51. The first-order chi connectivity index (χ1) is 14.0. The molecule has 0 aliphatic rings. The first-order valence-corrected chi connectivity index (χ1v) is 11.0. The molecule has 8 heteroatoms. The molecule has 0 radical (unpaired) electrons. The molecule has 0 atom stereocenters. The highest BCUT2D eigenvalue weighted by molar-refractivity contribution is 7.92. The summed E-state index contributed by atoms with van der Waals surface area (Å²) in [6, 6.07) is 12.4. The fourth-order valence-electron chi connectivity index (χ4n) is 3.44. The number of Topliss-reactive ketones (excluding diaryl/α,β-unsaturated/α-hetero) is 1. The SMILES string of the molecule is CC(=O)c1ccc(NS(=O)(=O)c2ccc(-n3c(=O)c(C(C)C)c(C)n3C)cc2)cc1. The second-order valence-electron chi connectivity index (χ2n) is 7.53. The number of nitrogens with one attached hydrogen (secondary N) is 1. The van der Waals surface area contributed by atoms with Crippen molar-refractivity contribution in [1.82, 2.24) is 9.36 Å². The monoisotopic (exact) mass is 427 g/mol. The molecule has 0 fully saturated rings. The van der Waals surface area contributed by atoms with Gasteiger partial charge < -0.3 is 0 Å². The van der Waals surface area contributed by atoms with Gasteiger partial charge in [-0.15, -0.1) is 0 Å². The van der Waals surface area contributed by atoms with Crippen molar-refractivity contribution in [3.8, 4) is 5.69 Å². The van der Waals surface area contributed by atoms with Crippen LogP contribution in [-0.2, 0) is 17.1 Å². The number of hydrogen-bond acceptors (Lipinski definition) is 4. The van der Waals surface area contributed by atoms with Gasteiger partial charge in [0.25, 0.3) is 15.6 Å². The second kappa shape index (κ2) is 7.95. The standard InChI is InChI=1S/C22H25N3O4S/c1-14(2)21-15(3)24(5)25(22(21)27)19-10-12-20(13-11-19)30(28,29)23-18-8-6-17(7-9-18)16(4)26/h6-14,23H,1-5H3. The number of rotatable bonds is 6. The Morgan fingerprint density at radius 2 is 1.57 bits per heavy atom. The van der Waals surface area contributed by atoms with E-state index in [1.165, 1.54) is 23.7 Å². The normalized spacial score (nSPS) is 11.7. The summed E-state index contributed by atoms with van der Waals surface area (Å²) in [5.41, 5.74) is 2.96. The second-order valence-corrected chi connectivity index (χ2v) is 9.21. The van der Waals surface area contributed by atoms with E-state index in [1.54, 1.807) is 48.1 Å². The van der Waals surface area contributed by atoms with E-state index in [0.717, 1.165) is 11.3 Å². The van der Waals surface area contributed by atoms with E-state index in [4.69, 9.17) is 0 Å². The molecular weight excluding hydrogens is 402 g/mol. The Bertz CT molecular complexity index is 1250. The molecule has 0 saturated heterocycles. The zero-order valence-electron chi connectivity index (χ0n) is 17.6. The van der Waals surface area contributed by atoms with Crippen molar-refractivity contribution in [2.45, 2.75) is 38.5 Å². The van der Waals surface area contributed by atoms with Crippen LogP contribution in [0.3, 0.4) is 0 Å². The molecular formula is C22H25N3O4S. The van der Waals surface area contributed by atoms with Crippen molar-refractivity contribution in [2.24, 2.45) is 7.05 Å². The van der Waals surface area contributed by atoms with E-state index in [1.807, 2.05) is 20.8 Å². The smallest absolute Gasteiger partial charge is 0.275 e. The summed E-state index contributed by atoms with van der Waals surface area (Å²) in [5.74, 6) is -0.00466. The lowest BCUT2D eigenvalue weighted by atomic mass is 10.0. The molecule has 0 aliphatic carbocycles. The van der Waals surface area contributed by atoms with E-state index < -0.39 is 10.0 Å². The molecule has 0 amide bonds. The van der Waals surface area contributed by atoms with Gasteiger partial charge in [-0.2, -0.15) is 0 Å². The van der Waals surface area contributed by atoms with Crippen LogP contribution < -0.4 is 10.3 Å². The summed E-state index contributed by atoms with van der Waals surface area (Å²) in [7, 11) is -2.01. The van der Waals surface area contributed by atoms with Gasteiger partial charge in [-0.3, -0.25) is 19.0 Å². The molecule has 1 aromatic heterocycles. The van der Waals surface area contributed by atoms with Crippen molar-refractivity contribution in [3.63, 3.8) is 0 Å². The number of aromatic nitrogens is 2. The van der Waals surface area contributed by atoms with Gasteiger partial charge in [0.2, 0.25) is 0 Å². The number of carbonyl (C=O) groups is 1. The summed E-state index contributed by atoms with van der Waals surface area (Å²) in [6.45, 7) is 7.29. The fourth-order valence-corrected chi connectivity index (χ4v) is 4.50. The fraction of sp³-hybridized carbons (Fsp3) is 0.273. The minimum Gasteiger partial charge on any atom is -0.295 e. The molecule has 30 heavy (non-hydrogen) atoms. The average Bonchev–Trinajstić information content (AvgIpc) is 2.90. The molecule has 1 heterocycles. The molecule has 1 N–H and O–H groups in total. The van der Waals surface area contributed by atoms with Crippen LogP contribution in [-0.4, -0.2) is 23.6 Å². The molecule has 0 unspecified atom stereocenters. The average molecular weight is 428 g/mol. The molecule has 3 rings (SSSR count). The van der Waals surface area contributed by atoms with Crippen LogP contribution in [0.25, 0.3) is 5.69 Å². The Hall–Kier alpha value is -3.13. The largest absolute Gasteiger partial charge is 0.295 e. The molecule has 0 bridgehead atoms. The number of sulfonamides is 1. The Labute approximate surface area is 176 Å². The first-order valence-electron chi connectivity index (χ1n) is 9.55. The number of carbonyl (C=O) groups excluding carboxylic acids is 1. The molecule has 158 valence electrons. The number of hydrogen-bond donors (Lipinski definition) is 1. The topological polar surface area (TPSA) is 90.2 Å². The summed E-state index contributed by atoms with van der Waals surface area (Å²) >= 11 is 0. The van der Waals surface area contributed by atoms with Crippen LogP contribution in [0.15, 0.2) is 58.2 Å². The zero-order chi connectivity index (χ0) is 22.2. The molecule has 3 aromatic rings. The van der Waals surface area contributed by atoms with E-state index >= 15 is 0 Å². The summed E-state index contributed by atoms with van der Waals surface area (Å²) < 4.78 is 31.2. The van der Waals surface area contributed by atoms with E-state index in [0.29, 0.717) is 16.9 Å². The van der Waals surface area contributed by atoms with Crippen molar-refractivity contribution >= 4 is 21.5 Å². The third-order valence-electron chi connectivity index (χ3n) is 5.11. The van der Waals surface area contributed by atoms with Gasteiger partial charge in [-0.05, 0) is 68.3 Å². The molecule has 0 spiro atoms. The lowest BCUT2D eigenvalue weighted by Gasteiger charge is -2.11. The van der Waals surface area contributed by atoms with Crippen molar-refractivity contribution in [3.05, 3.63) is 75.7 Å². The van der Waals surface area contributed by atoms with E-state index in [2.05, 4.69) is 4.72 Å². The highest BCUT2D eigenvalue weighted by Gasteiger charge is 2.19. The van der Waals surface area contributed by atoms with Gasteiger partial charge in [0.05, 0.1) is 10.6 Å². The molecule has 0 aliphatic heterocycles. The maximum Gasteiger partial charge on any atom is 0.275 e. The van der Waals surface area contributed by atoms with E-state index in [-0.39, 0.29) is 22.2 Å². The predicted molar refractivity (Wildman–Crippen MR) is 117 cm³/mol. The maximum absolute atomic E-state index is 12.8. The summed E-state index contributed by atoms with van der Waals surface area (Å²) in [4.78, 5) is 24.3. The number of anilines is 1. The number of benzene rings is 2. The number of ketones is 1. The zero-order valence-corrected chi connectivity index (χ0v) is 18.4. The van der Waals surface area contributed by atoms with E-state index in [9.17, 15) is 18.0 Å². The van der Waals surface area contributed by atoms with Crippen LogP contribution in [0.2, 0.25) is 0 Å². The Morgan fingerprint density at radius 1 is 1.00 bits per heavy atom. The summed E-state index contributed by atoms with van der Waals surface area (Å²) in [5, 5.41) is 0. The Balaban J connectivity index is 1.91. The van der Waals surface area contributed by atoms with Crippen molar-refractivity contribution in [2.75, 3.05) is 4.72 Å². The van der Waals surface area contributed by atoms with Crippen LogP contribution in [0.4, 0.5) is 5.69 Å². The van der Waals surface area contributed by atoms with Gasteiger partial charge in [-0.1, -0.05) is 13.8 Å². The highest BCUT2D eigenvalue weighted by Crippen LogP contribution is 2.20. The van der Waals surface area contributed by atoms with Gasteiger partial charge in [-0.25, -0.2) is 13.1 Å². The highest BCUT2D eigenvalue weighted by atomic mass is 32.2. The van der Waals surface area contributed by atoms with Gasteiger partial charge in [0.15, 0.2) is 5.78 Å². The van der Waals surface area contributed by atoms with Gasteiger partial charge >= 0.3 is 0 Å². The minimum absolute atomic E-state index is 0.0740. The maximum atomic E-state index is 12.8. The van der Waals surface area contributed by atoms with Crippen molar-refractivity contribution < 1.29 is 13.2 Å². The third kappa shape index (κ3) is 3.95. The van der Waals surface area contributed by atoms with Gasteiger partial charge in [0, 0.05) is 29.6 Å². The predicted octanol–water partition coefficient (Wildman–Crippen LogP) is 3.61. The van der Waals surface area contributed by atoms with Crippen LogP contribution in [0, 0.1) is 6.92 Å². The van der Waals surface area contributed by atoms with Crippen LogP contribution >= 0.6 is 0 Å². The van der Waals surface area contributed by atoms with Crippen molar-refractivity contribution in [1.29, 1.82) is 0 Å². The molecule has 7 nitrogen and oxygen atoms in total. The lowest BCUT2D eigenvalue weighted by Crippen LogP contribution is -2.21. The van der Waals surface area contributed by atoms with Gasteiger partial charge in [0.1, 0.15) is 0 Å². The van der Waals surface area contributed by atoms with Crippen LogP contribution in [0.5, 0.6) is 0 Å². The summed E-state index contributed by atoms with van der Waals surface area (Å²) in [6.07, 6.45) is 0. The first kappa shape index (κ1) is 21.6. The lowest BCUT2D eigenvalue weighted by molar-refractivity contribution is 0.101. The Kier molecular flexibility index (Phi) is 5.72.